The van der Waals surface area contributed by atoms with Gasteiger partial charge in [0.25, 0.3) is 0 Å². The number of hydrogen-bond acceptors (Lipinski definition) is 2. The molecule has 0 aliphatic rings. The van der Waals surface area contributed by atoms with Gasteiger partial charge in [-0.25, -0.2) is 0 Å². The van der Waals surface area contributed by atoms with Gasteiger partial charge < -0.3 is 0 Å². The molecule has 0 aliphatic carbocycles. The van der Waals surface area contributed by atoms with Gasteiger partial charge in [-0.05, 0) is 29.7 Å². The number of pyridine rings is 1. The monoisotopic (exact) mass is 405 g/mol. The first kappa shape index (κ1) is 19.8. The van der Waals surface area contributed by atoms with Gasteiger partial charge in [0, 0.05) is 28.3 Å². The fraction of sp³-hybridized carbons (Fsp3) is 0.120. The number of hydrogen-bond donors (Lipinski definition) is 0. The Morgan fingerprint density at radius 2 is 1.67 bits per heavy atom. The average molecular weight is 405 g/mol. The molecule has 0 saturated heterocycles. The van der Waals surface area contributed by atoms with E-state index >= 15 is 0 Å². The summed E-state index contributed by atoms with van der Waals surface area (Å²) in [6, 6.07) is 20.2. The lowest BCUT2D eigenvalue weighted by atomic mass is 9.90. The Labute approximate surface area is 172 Å². The number of rotatable bonds is 4. The third-order valence-electron chi connectivity index (χ3n) is 5.11. The van der Waals surface area contributed by atoms with E-state index in [0.29, 0.717) is 22.1 Å². The number of ketones is 1. The van der Waals surface area contributed by atoms with Crippen molar-refractivity contribution in [1.82, 2.24) is 4.98 Å². The molecule has 0 bridgehead atoms. The van der Waals surface area contributed by atoms with E-state index in [-0.39, 0.29) is 16.9 Å². The summed E-state index contributed by atoms with van der Waals surface area (Å²) in [5.41, 5.74) is 1.92. The number of aryl methyl sites for hydroxylation is 1. The van der Waals surface area contributed by atoms with Gasteiger partial charge >= 0.3 is 6.18 Å². The molecular weight excluding hydrogens is 387 g/mol. The lowest BCUT2D eigenvalue weighted by molar-refractivity contribution is -0.136. The van der Waals surface area contributed by atoms with Crippen LogP contribution in [0, 0.1) is 0 Å². The Kier molecular flexibility index (Phi) is 5.12. The molecule has 5 heteroatoms. The molecule has 0 spiro atoms. The molecule has 4 aromatic rings. The van der Waals surface area contributed by atoms with Crippen LogP contribution in [-0.2, 0) is 12.6 Å². The Balaban J connectivity index is 2.02. The van der Waals surface area contributed by atoms with Gasteiger partial charge in [-0.3, -0.25) is 9.78 Å². The SMILES string of the molecule is CCc1cccc(C(=O)c2cnc3c(C(F)(F)F)cccc3c2-c2ccccc2)c1. The van der Waals surface area contributed by atoms with Gasteiger partial charge in [-0.1, -0.05) is 67.6 Å². The molecule has 1 heterocycles. The topological polar surface area (TPSA) is 30.0 Å². The fourth-order valence-electron chi connectivity index (χ4n) is 3.63. The number of carbonyl (C=O) groups excluding carboxylic acids is 1. The van der Waals surface area contributed by atoms with Crippen molar-refractivity contribution in [3.63, 3.8) is 0 Å². The minimum absolute atomic E-state index is 0.164. The standard InChI is InChI=1S/C25H18F3NO/c1-2-16-8-6-11-18(14-16)24(30)20-15-29-23-19(12-7-13-21(23)25(26,27)28)22(20)17-9-4-3-5-10-17/h3-15H,2H2,1H3. The molecular formula is C25H18F3NO. The molecule has 0 N–H and O–H groups in total. The molecule has 4 rings (SSSR count). The number of aromatic nitrogens is 1. The minimum atomic E-state index is -4.54. The lowest BCUT2D eigenvalue weighted by Crippen LogP contribution is -2.09. The van der Waals surface area contributed by atoms with Crippen LogP contribution >= 0.6 is 0 Å². The van der Waals surface area contributed by atoms with Gasteiger partial charge in [-0.2, -0.15) is 13.2 Å². The number of para-hydroxylation sites is 1. The highest BCUT2D eigenvalue weighted by Crippen LogP contribution is 2.38. The molecule has 30 heavy (non-hydrogen) atoms. The second kappa shape index (κ2) is 7.75. The van der Waals surface area contributed by atoms with E-state index in [4.69, 9.17) is 0 Å². The van der Waals surface area contributed by atoms with Crippen molar-refractivity contribution in [2.24, 2.45) is 0 Å². The summed E-state index contributed by atoms with van der Waals surface area (Å²) in [6.45, 7) is 2.00. The number of alkyl halides is 3. The van der Waals surface area contributed by atoms with E-state index in [1.165, 1.54) is 12.3 Å². The predicted molar refractivity (Wildman–Crippen MR) is 111 cm³/mol. The summed E-state index contributed by atoms with van der Waals surface area (Å²) in [5.74, 6) is -0.268. The maximum absolute atomic E-state index is 13.6. The van der Waals surface area contributed by atoms with Gasteiger partial charge in [-0.15, -0.1) is 0 Å². The molecule has 0 atom stereocenters. The molecule has 0 aliphatic heterocycles. The third-order valence-corrected chi connectivity index (χ3v) is 5.11. The van der Waals surface area contributed by atoms with Crippen LogP contribution < -0.4 is 0 Å². The van der Waals surface area contributed by atoms with Gasteiger partial charge in [0.15, 0.2) is 5.78 Å². The highest BCUT2D eigenvalue weighted by atomic mass is 19.4. The average Bonchev–Trinajstić information content (AvgIpc) is 2.77. The first-order chi connectivity index (χ1) is 14.4. The summed E-state index contributed by atoms with van der Waals surface area (Å²) in [6.07, 6.45) is -2.50. The van der Waals surface area contributed by atoms with Crippen molar-refractivity contribution in [2.45, 2.75) is 19.5 Å². The number of carbonyl (C=O) groups is 1. The van der Waals surface area contributed by atoms with Crippen molar-refractivity contribution < 1.29 is 18.0 Å². The number of halogens is 3. The Bertz CT molecular complexity index is 1230. The maximum Gasteiger partial charge on any atom is 0.418 e. The summed E-state index contributed by atoms with van der Waals surface area (Å²) in [5, 5.41) is 0.300. The van der Waals surface area contributed by atoms with Crippen molar-refractivity contribution in [2.75, 3.05) is 0 Å². The minimum Gasteiger partial charge on any atom is -0.289 e. The first-order valence-corrected chi connectivity index (χ1v) is 9.58. The number of benzene rings is 3. The van der Waals surface area contributed by atoms with E-state index < -0.39 is 11.7 Å². The summed E-state index contributed by atoms with van der Waals surface area (Å²) in [7, 11) is 0. The second-order valence-corrected chi connectivity index (χ2v) is 7.00. The van der Waals surface area contributed by atoms with Crippen molar-refractivity contribution in [3.8, 4) is 11.1 Å². The highest BCUT2D eigenvalue weighted by Gasteiger charge is 2.34. The van der Waals surface area contributed by atoms with E-state index in [1.807, 2.05) is 31.2 Å². The van der Waals surface area contributed by atoms with Crippen LogP contribution in [0.2, 0.25) is 0 Å². The van der Waals surface area contributed by atoms with Crippen LogP contribution in [-0.4, -0.2) is 10.8 Å². The van der Waals surface area contributed by atoms with Crippen LogP contribution in [0.25, 0.3) is 22.0 Å². The molecule has 0 unspecified atom stereocenters. The molecule has 1 aromatic heterocycles. The van der Waals surface area contributed by atoms with Crippen LogP contribution in [0.1, 0.15) is 34.0 Å². The first-order valence-electron chi connectivity index (χ1n) is 9.58. The van der Waals surface area contributed by atoms with Crippen molar-refractivity contribution >= 4 is 16.7 Å². The highest BCUT2D eigenvalue weighted by molar-refractivity contribution is 6.16. The molecule has 0 amide bonds. The summed E-state index contributed by atoms with van der Waals surface area (Å²) >= 11 is 0. The molecule has 0 radical (unpaired) electrons. The Hall–Kier alpha value is -3.47. The van der Waals surface area contributed by atoms with Crippen LogP contribution in [0.3, 0.4) is 0 Å². The predicted octanol–water partition coefficient (Wildman–Crippen LogP) is 6.71. The molecule has 3 aromatic carbocycles. The largest absolute Gasteiger partial charge is 0.418 e. The fourth-order valence-corrected chi connectivity index (χ4v) is 3.63. The maximum atomic E-state index is 13.6. The molecule has 0 saturated carbocycles. The zero-order valence-corrected chi connectivity index (χ0v) is 16.2. The van der Waals surface area contributed by atoms with Gasteiger partial charge in [0.1, 0.15) is 0 Å². The van der Waals surface area contributed by atoms with E-state index in [2.05, 4.69) is 4.98 Å². The Morgan fingerprint density at radius 3 is 2.37 bits per heavy atom. The summed E-state index contributed by atoms with van der Waals surface area (Å²) < 4.78 is 40.7. The number of nitrogens with zero attached hydrogens (tertiary/aromatic N) is 1. The molecule has 150 valence electrons. The normalized spacial score (nSPS) is 11.6. The van der Waals surface area contributed by atoms with E-state index in [0.717, 1.165) is 18.1 Å². The molecule has 0 fully saturated rings. The summed E-state index contributed by atoms with van der Waals surface area (Å²) in [4.78, 5) is 17.5. The number of fused-ring (bicyclic) bond motifs is 1. The quantitative estimate of drug-likeness (QED) is 0.353. The van der Waals surface area contributed by atoms with Gasteiger partial charge in [0.2, 0.25) is 0 Å². The van der Waals surface area contributed by atoms with E-state index in [1.54, 1.807) is 36.4 Å². The lowest BCUT2D eigenvalue weighted by Gasteiger charge is -2.16. The van der Waals surface area contributed by atoms with Crippen LogP contribution in [0.15, 0.2) is 79.0 Å². The zero-order valence-electron chi connectivity index (χ0n) is 16.2. The van der Waals surface area contributed by atoms with Crippen LogP contribution in [0.5, 0.6) is 0 Å². The smallest absolute Gasteiger partial charge is 0.289 e. The third kappa shape index (κ3) is 3.59. The van der Waals surface area contributed by atoms with Gasteiger partial charge in [0.05, 0.1) is 11.1 Å². The van der Waals surface area contributed by atoms with Crippen LogP contribution in [0.4, 0.5) is 13.2 Å². The Morgan fingerprint density at radius 1 is 0.933 bits per heavy atom. The zero-order chi connectivity index (χ0) is 21.3. The van der Waals surface area contributed by atoms with Crippen molar-refractivity contribution in [3.05, 3.63) is 101 Å². The molecule has 2 nitrogen and oxygen atoms in total. The van der Waals surface area contributed by atoms with E-state index in [9.17, 15) is 18.0 Å². The van der Waals surface area contributed by atoms with Crippen molar-refractivity contribution in [1.29, 1.82) is 0 Å². The second-order valence-electron chi connectivity index (χ2n) is 7.00.